The second-order valence-corrected chi connectivity index (χ2v) is 6.22. The summed E-state index contributed by atoms with van der Waals surface area (Å²) in [6, 6.07) is 7.29. The summed E-state index contributed by atoms with van der Waals surface area (Å²) < 4.78 is 0. The zero-order valence-electron chi connectivity index (χ0n) is 13.7. The van der Waals surface area contributed by atoms with Crippen molar-refractivity contribution in [3.63, 3.8) is 0 Å². The Morgan fingerprint density at radius 1 is 1.30 bits per heavy atom. The minimum Gasteiger partial charge on any atom is -0.396 e. The fourth-order valence-electron chi connectivity index (χ4n) is 2.62. The van der Waals surface area contributed by atoms with Gasteiger partial charge in [-0.1, -0.05) is 17.7 Å². The van der Waals surface area contributed by atoms with Crippen molar-refractivity contribution < 1.29 is 14.7 Å². The Hall–Kier alpha value is -2.14. The number of nitrogens with one attached hydrogen (secondary N) is 1. The van der Waals surface area contributed by atoms with Gasteiger partial charge in [0.2, 0.25) is 5.91 Å². The molecule has 1 aromatic rings. The molecule has 5 heteroatoms. The number of hydrogen-bond donors (Lipinski definition) is 2. The highest BCUT2D eigenvalue weighted by molar-refractivity contribution is 5.94. The van der Waals surface area contributed by atoms with Crippen LogP contribution in [0.15, 0.2) is 35.9 Å². The summed E-state index contributed by atoms with van der Waals surface area (Å²) in [6.45, 7) is 5.64. The lowest BCUT2D eigenvalue weighted by molar-refractivity contribution is -0.116. The normalized spacial score (nSPS) is 17.0. The zero-order valence-corrected chi connectivity index (χ0v) is 13.7. The van der Waals surface area contributed by atoms with Crippen molar-refractivity contribution in [3.05, 3.63) is 47.0 Å². The third-order valence-electron chi connectivity index (χ3n) is 3.92. The van der Waals surface area contributed by atoms with Gasteiger partial charge in [-0.25, -0.2) is 0 Å². The van der Waals surface area contributed by atoms with E-state index in [4.69, 9.17) is 5.11 Å². The number of nitrogens with zero attached hydrogens (tertiary/aromatic N) is 1. The predicted octanol–water partition coefficient (Wildman–Crippen LogP) is 1.72. The summed E-state index contributed by atoms with van der Waals surface area (Å²) in [5.41, 5.74) is 2.55. The molecule has 1 heterocycles. The number of carbonyl (C=O) groups is 2. The van der Waals surface area contributed by atoms with Gasteiger partial charge in [0.05, 0.1) is 0 Å². The van der Waals surface area contributed by atoms with E-state index in [1.807, 2.05) is 26.0 Å². The van der Waals surface area contributed by atoms with E-state index in [-0.39, 0.29) is 24.3 Å². The van der Waals surface area contributed by atoms with E-state index in [0.717, 1.165) is 17.6 Å². The number of carbonyl (C=O) groups excluding carboxylic acids is 2. The summed E-state index contributed by atoms with van der Waals surface area (Å²) >= 11 is 0. The van der Waals surface area contributed by atoms with Crippen LogP contribution in [0.5, 0.6) is 0 Å². The molecule has 0 saturated carbocycles. The minimum atomic E-state index is -0.114. The zero-order chi connectivity index (χ0) is 16.8. The van der Waals surface area contributed by atoms with Crippen molar-refractivity contribution in [2.24, 2.45) is 5.92 Å². The van der Waals surface area contributed by atoms with Crippen LogP contribution in [0, 0.1) is 5.92 Å². The molecule has 1 fully saturated rings. The maximum atomic E-state index is 12.4. The van der Waals surface area contributed by atoms with Gasteiger partial charge in [-0.2, -0.15) is 0 Å². The van der Waals surface area contributed by atoms with E-state index in [9.17, 15) is 9.59 Å². The van der Waals surface area contributed by atoms with E-state index in [2.05, 4.69) is 5.32 Å². The Labute approximate surface area is 137 Å². The van der Waals surface area contributed by atoms with E-state index >= 15 is 0 Å². The number of benzene rings is 1. The molecule has 5 nitrogen and oxygen atoms in total. The van der Waals surface area contributed by atoms with Gasteiger partial charge in [0.1, 0.15) is 0 Å². The second-order valence-electron chi connectivity index (χ2n) is 6.22. The fourth-order valence-corrected chi connectivity index (χ4v) is 2.62. The van der Waals surface area contributed by atoms with Crippen molar-refractivity contribution in [1.82, 2.24) is 10.2 Å². The van der Waals surface area contributed by atoms with E-state index in [0.29, 0.717) is 25.2 Å². The molecule has 1 aromatic carbocycles. The molecule has 1 saturated heterocycles. The van der Waals surface area contributed by atoms with Crippen molar-refractivity contribution in [2.75, 3.05) is 19.7 Å². The van der Waals surface area contributed by atoms with Crippen LogP contribution in [0.1, 0.15) is 36.2 Å². The molecule has 0 spiro atoms. The number of aliphatic hydroxyl groups excluding tert-OH is 1. The standard InChI is InChI=1S/C18H24N2O3/c1-13(2)9-17(22)19-10-14-3-5-16(6-4-14)18(23)20-8-7-15(11-20)12-21/h3-6,9,15,21H,7-8,10-12H2,1-2H3,(H,19,22). The average molecular weight is 316 g/mol. The van der Waals surface area contributed by atoms with E-state index < -0.39 is 0 Å². The number of hydrogen-bond acceptors (Lipinski definition) is 3. The number of amides is 2. The molecule has 1 atom stereocenters. The molecular formula is C18H24N2O3. The Morgan fingerprint density at radius 3 is 2.57 bits per heavy atom. The molecule has 2 N–H and O–H groups in total. The fraction of sp³-hybridized carbons (Fsp3) is 0.444. The van der Waals surface area contributed by atoms with E-state index in [1.54, 1.807) is 23.1 Å². The molecule has 0 radical (unpaired) electrons. The molecule has 2 amide bonds. The summed E-state index contributed by atoms with van der Waals surface area (Å²) in [5.74, 6) is 0.0851. The Bertz CT molecular complexity index is 589. The lowest BCUT2D eigenvalue weighted by Crippen LogP contribution is -2.29. The first kappa shape index (κ1) is 17.2. The van der Waals surface area contributed by atoms with E-state index in [1.165, 1.54) is 0 Å². The molecule has 0 bridgehead atoms. The quantitative estimate of drug-likeness (QED) is 0.813. The van der Waals surface area contributed by atoms with Gasteiger partial charge < -0.3 is 15.3 Å². The number of rotatable bonds is 5. The van der Waals surface area contributed by atoms with Crippen molar-refractivity contribution >= 4 is 11.8 Å². The maximum Gasteiger partial charge on any atom is 0.253 e. The minimum absolute atomic E-state index is 0.000997. The van der Waals surface area contributed by atoms with Crippen LogP contribution < -0.4 is 5.32 Å². The molecule has 1 unspecified atom stereocenters. The van der Waals surface area contributed by atoms with Gasteiger partial charge in [0.15, 0.2) is 0 Å². The third-order valence-corrected chi connectivity index (χ3v) is 3.92. The van der Waals surface area contributed by atoms with Crippen LogP contribution in [0.4, 0.5) is 0 Å². The SMILES string of the molecule is CC(C)=CC(=O)NCc1ccc(C(=O)N2CCC(CO)C2)cc1. The Morgan fingerprint density at radius 2 is 2.00 bits per heavy atom. The monoisotopic (exact) mass is 316 g/mol. The highest BCUT2D eigenvalue weighted by atomic mass is 16.3. The second kappa shape index (κ2) is 7.92. The first-order valence-electron chi connectivity index (χ1n) is 7.91. The lowest BCUT2D eigenvalue weighted by atomic mass is 10.1. The van der Waals surface area contributed by atoms with Gasteiger partial charge in [0, 0.05) is 43.8 Å². The van der Waals surface area contributed by atoms with Crippen LogP contribution >= 0.6 is 0 Å². The first-order chi connectivity index (χ1) is 11.0. The number of allylic oxidation sites excluding steroid dienone is 1. The molecule has 23 heavy (non-hydrogen) atoms. The largest absolute Gasteiger partial charge is 0.396 e. The number of aliphatic hydroxyl groups is 1. The lowest BCUT2D eigenvalue weighted by Gasteiger charge is -2.16. The van der Waals surface area contributed by atoms with Crippen molar-refractivity contribution in [2.45, 2.75) is 26.8 Å². The maximum absolute atomic E-state index is 12.4. The van der Waals surface area contributed by atoms with Gasteiger partial charge in [-0.15, -0.1) is 0 Å². The number of likely N-dealkylation sites (tertiary alicyclic amines) is 1. The van der Waals surface area contributed by atoms with Crippen LogP contribution in [-0.4, -0.2) is 41.5 Å². The topological polar surface area (TPSA) is 69.6 Å². The van der Waals surface area contributed by atoms with Crippen LogP contribution in [0.3, 0.4) is 0 Å². The molecule has 2 rings (SSSR count). The Balaban J connectivity index is 1.90. The predicted molar refractivity (Wildman–Crippen MR) is 88.8 cm³/mol. The van der Waals surface area contributed by atoms with Crippen LogP contribution in [0.2, 0.25) is 0 Å². The Kier molecular flexibility index (Phi) is 5.93. The third kappa shape index (κ3) is 4.93. The highest BCUT2D eigenvalue weighted by Gasteiger charge is 2.26. The summed E-state index contributed by atoms with van der Waals surface area (Å²) in [5, 5.41) is 12.0. The smallest absolute Gasteiger partial charge is 0.253 e. The first-order valence-corrected chi connectivity index (χ1v) is 7.91. The molecule has 1 aliphatic heterocycles. The summed E-state index contributed by atoms with van der Waals surface area (Å²) in [7, 11) is 0. The van der Waals surface area contributed by atoms with Gasteiger partial charge in [-0.05, 0) is 38.0 Å². The average Bonchev–Trinajstić information content (AvgIpc) is 3.01. The highest BCUT2D eigenvalue weighted by Crippen LogP contribution is 2.18. The van der Waals surface area contributed by atoms with Crippen molar-refractivity contribution in [1.29, 1.82) is 0 Å². The van der Waals surface area contributed by atoms with Gasteiger partial charge in [-0.3, -0.25) is 9.59 Å². The van der Waals surface area contributed by atoms with Crippen LogP contribution in [0.25, 0.3) is 0 Å². The summed E-state index contributed by atoms with van der Waals surface area (Å²) in [6.07, 6.45) is 2.42. The van der Waals surface area contributed by atoms with Crippen molar-refractivity contribution in [3.8, 4) is 0 Å². The molecule has 1 aliphatic rings. The molecule has 124 valence electrons. The molecular weight excluding hydrogens is 292 g/mol. The molecule has 0 aromatic heterocycles. The molecule has 0 aliphatic carbocycles. The summed E-state index contributed by atoms with van der Waals surface area (Å²) in [4.78, 5) is 25.7. The van der Waals surface area contributed by atoms with Crippen LogP contribution in [-0.2, 0) is 11.3 Å². The van der Waals surface area contributed by atoms with Gasteiger partial charge >= 0.3 is 0 Å². The van der Waals surface area contributed by atoms with Gasteiger partial charge in [0.25, 0.3) is 5.91 Å².